The van der Waals surface area contributed by atoms with Gasteiger partial charge in [-0.3, -0.25) is 9.36 Å². The molecule has 134 valence electrons. The van der Waals surface area contributed by atoms with Crippen LogP contribution in [0.2, 0.25) is 0 Å². The minimum absolute atomic E-state index is 0.0513. The second kappa shape index (κ2) is 7.93. The number of hydrogen-bond acceptors (Lipinski definition) is 7. The van der Waals surface area contributed by atoms with Gasteiger partial charge in [0.2, 0.25) is 0 Å². The normalized spacial score (nSPS) is 16.0. The van der Waals surface area contributed by atoms with Crippen molar-refractivity contribution in [1.82, 2.24) is 24.6 Å². The largest absolute Gasteiger partial charge is 0.480 e. The van der Waals surface area contributed by atoms with E-state index in [0.29, 0.717) is 31.3 Å². The van der Waals surface area contributed by atoms with Crippen LogP contribution in [-0.4, -0.2) is 45.1 Å². The van der Waals surface area contributed by atoms with E-state index in [2.05, 4.69) is 15.4 Å². The van der Waals surface area contributed by atoms with Gasteiger partial charge in [-0.05, 0) is 31.5 Å². The first-order valence-corrected chi connectivity index (χ1v) is 8.23. The lowest BCUT2D eigenvalue weighted by Crippen LogP contribution is -2.39. The monoisotopic (exact) mass is 347 g/mol. The molecule has 0 saturated heterocycles. The number of fused-ring (bicyclic) bond motifs is 1. The molecule has 9 heteroatoms. The zero-order valence-corrected chi connectivity index (χ0v) is 14.1. The molecule has 0 bridgehead atoms. The fourth-order valence-corrected chi connectivity index (χ4v) is 2.51. The van der Waals surface area contributed by atoms with Crippen LogP contribution in [0.25, 0.3) is 0 Å². The highest BCUT2D eigenvalue weighted by Gasteiger charge is 2.20. The summed E-state index contributed by atoms with van der Waals surface area (Å²) >= 11 is 0. The van der Waals surface area contributed by atoms with Crippen molar-refractivity contribution in [1.29, 1.82) is 0 Å². The first-order chi connectivity index (χ1) is 12.1. The first-order valence-electron chi connectivity index (χ1n) is 8.23. The molecule has 3 heterocycles. The average Bonchev–Trinajstić information content (AvgIpc) is 2.64. The van der Waals surface area contributed by atoms with Crippen molar-refractivity contribution in [2.45, 2.75) is 25.5 Å². The molecule has 0 aliphatic carbocycles. The molecule has 0 spiro atoms. The van der Waals surface area contributed by atoms with E-state index in [9.17, 15) is 9.59 Å². The topological polar surface area (TPSA) is 100 Å². The Morgan fingerprint density at radius 1 is 1.36 bits per heavy atom. The van der Waals surface area contributed by atoms with E-state index in [1.54, 1.807) is 6.20 Å². The Morgan fingerprint density at radius 2 is 2.24 bits per heavy atom. The number of hydrogen-bond donors (Lipinski definition) is 1. The molecule has 1 N–H and O–H groups in total. The molecule has 1 aliphatic rings. The third-order valence-electron chi connectivity index (χ3n) is 3.93. The molecule has 1 atom stereocenters. The van der Waals surface area contributed by atoms with Gasteiger partial charge in [-0.25, -0.2) is 14.5 Å². The van der Waals surface area contributed by atoms with Gasteiger partial charge in [-0.2, -0.15) is 5.10 Å². The standard InChI is InChI=1S/C16H21N5O4/c1-20-14(22)10-19-21(16(20)23)8-3-2-6-17-9-12-11-24-15-13(25-12)5-4-7-18-15/h4-5,7,10,12,17H,2-3,6,8-9,11H2,1H3. The lowest BCUT2D eigenvalue weighted by Gasteiger charge is -2.25. The van der Waals surface area contributed by atoms with E-state index >= 15 is 0 Å². The van der Waals surface area contributed by atoms with Gasteiger partial charge < -0.3 is 14.8 Å². The fraction of sp³-hybridized carbons (Fsp3) is 0.500. The molecule has 9 nitrogen and oxygen atoms in total. The van der Waals surface area contributed by atoms with E-state index in [-0.39, 0.29) is 11.8 Å². The highest BCUT2D eigenvalue weighted by atomic mass is 16.6. The van der Waals surface area contributed by atoms with Crippen LogP contribution < -0.4 is 26.0 Å². The second-order valence-corrected chi connectivity index (χ2v) is 5.82. The summed E-state index contributed by atoms with van der Waals surface area (Å²) in [6, 6.07) is 3.65. The Hall–Kier alpha value is -2.68. The Balaban J connectivity index is 1.35. The summed E-state index contributed by atoms with van der Waals surface area (Å²) < 4.78 is 13.7. The van der Waals surface area contributed by atoms with Crippen LogP contribution in [0.3, 0.4) is 0 Å². The van der Waals surface area contributed by atoms with Gasteiger partial charge >= 0.3 is 5.69 Å². The number of aromatic nitrogens is 4. The first kappa shape index (κ1) is 17.2. The van der Waals surface area contributed by atoms with Crippen molar-refractivity contribution in [3.05, 3.63) is 45.4 Å². The zero-order chi connectivity index (χ0) is 17.6. The number of pyridine rings is 1. The molecule has 0 aromatic carbocycles. The molecule has 0 amide bonds. The highest BCUT2D eigenvalue weighted by Crippen LogP contribution is 2.27. The van der Waals surface area contributed by atoms with Crippen molar-refractivity contribution in [3.8, 4) is 11.6 Å². The Morgan fingerprint density at radius 3 is 3.12 bits per heavy atom. The Labute approximate surface area is 144 Å². The van der Waals surface area contributed by atoms with E-state index in [4.69, 9.17) is 9.47 Å². The summed E-state index contributed by atoms with van der Waals surface area (Å²) in [5.41, 5.74) is -0.783. The van der Waals surface area contributed by atoms with Gasteiger partial charge in [0.05, 0.1) is 0 Å². The molecule has 1 aliphatic heterocycles. The molecule has 0 radical (unpaired) electrons. The number of ether oxygens (including phenoxy) is 2. The van der Waals surface area contributed by atoms with Crippen LogP contribution in [0.5, 0.6) is 11.6 Å². The van der Waals surface area contributed by atoms with Crippen molar-refractivity contribution in [3.63, 3.8) is 0 Å². The van der Waals surface area contributed by atoms with E-state index in [0.717, 1.165) is 30.2 Å². The molecule has 2 aromatic heterocycles. The fourth-order valence-electron chi connectivity index (χ4n) is 2.51. The molecule has 0 fully saturated rings. The summed E-state index contributed by atoms with van der Waals surface area (Å²) in [4.78, 5) is 27.2. The lowest BCUT2D eigenvalue weighted by molar-refractivity contribution is 0.0857. The third kappa shape index (κ3) is 4.24. The van der Waals surface area contributed by atoms with Crippen molar-refractivity contribution >= 4 is 0 Å². The highest BCUT2D eigenvalue weighted by molar-refractivity contribution is 5.34. The molecular weight excluding hydrogens is 326 g/mol. The van der Waals surface area contributed by atoms with Crippen molar-refractivity contribution < 1.29 is 9.47 Å². The summed E-state index contributed by atoms with van der Waals surface area (Å²) in [5, 5.41) is 7.18. The molecule has 0 saturated carbocycles. The van der Waals surface area contributed by atoms with Gasteiger partial charge in [0.15, 0.2) is 5.75 Å². The minimum Gasteiger partial charge on any atom is -0.480 e. The van der Waals surface area contributed by atoms with Gasteiger partial charge in [0.25, 0.3) is 11.4 Å². The van der Waals surface area contributed by atoms with Crippen molar-refractivity contribution in [2.75, 3.05) is 19.7 Å². The lowest BCUT2D eigenvalue weighted by atomic mass is 10.3. The van der Waals surface area contributed by atoms with Gasteiger partial charge in [-0.1, -0.05) is 0 Å². The average molecular weight is 347 g/mol. The predicted octanol–water partition coefficient (Wildman–Crippen LogP) is -0.453. The van der Waals surface area contributed by atoms with Crippen molar-refractivity contribution in [2.24, 2.45) is 7.05 Å². The van der Waals surface area contributed by atoms with Crippen LogP contribution in [0.4, 0.5) is 0 Å². The zero-order valence-electron chi connectivity index (χ0n) is 14.1. The maximum atomic E-state index is 11.8. The van der Waals surface area contributed by atoms with Crippen LogP contribution in [0, 0.1) is 0 Å². The SMILES string of the molecule is Cn1c(=O)cnn(CCCCNCC2COc3ncccc3O2)c1=O. The van der Waals surface area contributed by atoms with E-state index in [1.165, 1.54) is 11.7 Å². The second-order valence-electron chi connectivity index (χ2n) is 5.82. The maximum Gasteiger partial charge on any atom is 0.347 e. The van der Waals surface area contributed by atoms with Crippen LogP contribution >= 0.6 is 0 Å². The van der Waals surface area contributed by atoms with Crippen LogP contribution in [0.15, 0.2) is 34.1 Å². The smallest absolute Gasteiger partial charge is 0.347 e. The van der Waals surface area contributed by atoms with Crippen LogP contribution in [0.1, 0.15) is 12.8 Å². The summed E-state index contributed by atoms with van der Waals surface area (Å²) in [6.07, 6.45) is 4.44. The van der Waals surface area contributed by atoms with E-state index < -0.39 is 5.56 Å². The molecular formula is C16H21N5O4. The molecule has 25 heavy (non-hydrogen) atoms. The molecule has 3 rings (SSSR count). The molecule has 1 unspecified atom stereocenters. The number of nitrogens with zero attached hydrogens (tertiary/aromatic N) is 4. The Kier molecular flexibility index (Phi) is 5.44. The third-order valence-corrected chi connectivity index (χ3v) is 3.93. The summed E-state index contributed by atoms with van der Waals surface area (Å²) in [6.45, 7) is 2.41. The summed E-state index contributed by atoms with van der Waals surface area (Å²) in [7, 11) is 1.45. The number of aryl methyl sites for hydroxylation is 1. The summed E-state index contributed by atoms with van der Waals surface area (Å²) in [5.74, 6) is 1.20. The quantitative estimate of drug-likeness (QED) is 0.677. The van der Waals surface area contributed by atoms with E-state index in [1.807, 2.05) is 12.1 Å². The minimum atomic E-state index is -0.394. The van der Waals surface area contributed by atoms with Gasteiger partial charge in [0, 0.05) is 26.3 Å². The molecule has 2 aromatic rings. The predicted molar refractivity (Wildman–Crippen MR) is 90.0 cm³/mol. The number of unbranched alkanes of at least 4 members (excludes halogenated alkanes) is 1. The number of rotatable bonds is 7. The van der Waals surface area contributed by atoms with Crippen LogP contribution in [-0.2, 0) is 13.6 Å². The number of nitrogens with one attached hydrogen (secondary N) is 1. The maximum absolute atomic E-state index is 11.8. The Bertz CT molecular complexity index is 832. The van der Waals surface area contributed by atoms with Gasteiger partial charge in [-0.15, -0.1) is 0 Å². The van der Waals surface area contributed by atoms with Gasteiger partial charge in [0.1, 0.15) is 18.9 Å².